The molecule has 2 atom stereocenters. The van der Waals surface area contributed by atoms with Crippen LogP contribution in [0.25, 0.3) is 10.8 Å². The van der Waals surface area contributed by atoms with Crippen LogP contribution in [0.3, 0.4) is 0 Å². The maximum absolute atomic E-state index is 14.0. The van der Waals surface area contributed by atoms with Gasteiger partial charge in [-0.3, -0.25) is 19.4 Å². The van der Waals surface area contributed by atoms with Crippen LogP contribution < -0.4 is 10.6 Å². The zero-order chi connectivity index (χ0) is 28.6. The van der Waals surface area contributed by atoms with Crippen LogP contribution in [0.4, 0.5) is 0 Å². The van der Waals surface area contributed by atoms with Gasteiger partial charge in [-0.1, -0.05) is 24.3 Å². The fourth-order valence-corrected chi connectivity index (χ4v) is 6.82. The lowest BCUT2D eigenvalue weighted by Crippen LogP contribution is -2.40. The lowest BCUT2D eigenvalue weighted by atomic mass is 9.80. The normalized spacial score (nSPS) is 15.3. The van der Waals surface area contributed by atoms with Crippen molar-refractivity contribution in [2.75, 3.05) is 25.4 Å². The molecule has 1 aromatic heterocycles. The van der Waals surface area contributed by atoms with E-state index >= 15 is 0 Å². The maximum Gasteiger partial charge on any atom is 0.340 e. The van der Waals surface area contributed by atoms with Crippen molar-refractivity contribution < 1.29 is 29.4 Å². The van der Waals surface area contributed by atoms with E-state index in [1.54, 1.807) is 54.4 Å². The molecule has 40 heavy (non-hydrogen) atoms. The SMILES string of the molecule is CC(=O)NCCSC(C1CCNCC1)C(CC(=O)c1cc2ccccc2c(C(=O)O)c1O)C(=O)c1cccnc1. The number of piperidine rings is 1. The Morgan fingerprint density at radius 3 is 2.55 bits per heavy atom. The Morgan fingerprint density at radius 1 is 1.12 bits per heavy atom. The average Bonchev–Trinajstić information content (AvgIpc) is 2.96. The van der Waals surface area contributed by atoms with Crippen molar-refractivity contribution in [2.24, 2.45) is 11.8 Å². The summed E-state index contributed by atoms with van der Waals surface area (Å²) in [6.45, 7) is 3.46. The van der Waals surface area contributed by atoms with Crippen molar-refractivity contribution in [1.82, 2.24) is 15.6 Å². The molecule has 1 aliphatic rings. The molecule has 9 nitrogen and oxygen atoms in total. The molecule has 0 spiro atoms. The summed E-state index contributed by atoms with van der Waals surface area (Å²) in [5.74, 6) is -2.86. The number of hydrogen-bond donors (Lipinski definition) is 4. The number of carbonyl (C=O) groups excluding carboxylic acids is 3. The average molecular weight is 564 g/mol. The number of ketones is 2. The van der Waals surface area contributed by atoms with E-state index in [0.29, 0.717) is 28.6 Å². The van der Waals surface area contributed by atoms with Gasteiger partial charge in [-0.05, 0) is 60.8 Å². The first-order valence-corrected chi connectivity index (χ1v) is 14.3. The molecule has 10 heteroatoms. The number of carbonyl (C=O) groups is 4. The number of Topliss-reactive ketones (excluding diaryl/α,β-unsaturated/α-hetero) is 2. The Bertz CT molecular complexity index is 1390. The molecule has 0 bridgehead atoms. The highest BCUT2D eigenvalue weighted by molar-refractivity contribution is 8.00. The highest BCUT2D eigenvalue weighted by atomic mass is 32.2. The number of carboxylic acids is 1. The number of aromatic hydroxyl groups is 1. The molecular formula is C30H33N3O6S. The van der Waals surface area contributed by atoms with Crippen molar-refractivity contribution in [3.05, 3.63) is 71.5 Å². The maximum atomic E-state index is 14.0. The molecule has 2 heterocycles. The lowest BCUT2D eigenvalue weighted by Gasteiger charge is -2.35. The fourth-order valence-electron chi connectivity index (χ4n) is 5.33. The van der Waals surface area contributed by atoms with E-state index in [2.05, 4.69) is 15.6 Å². The summed E-state index contributed by atoms with van der Waals surface area (Å²) in [5.41, 5.74) is -0.0702. The predicted octanol–water partition coefficient (Wildman–Crippen LogP) is 3.95. The summed E-state index contributed by atoms with van der Waals surface area (Å²) in [6, 6.07) is 11.5. The smallest absolute Gasteiger partial charge is 0.340 e. The molecule has 0 radical (unpaired) electrons. The first-order chi connectivity index (χ1) is 19.3. The van der Waals surface area contributed by atoms with Gasteiger partial charge in [0.2, 0.25) is 5.91 Å². The van der Waals surface area contributed by atoms with Gasteiger partial charge >= 0.3 is 5.97 Å². The van der Waals surface area contributed by atoms with E-state index < -0.39 is 23.4 Å². The second-order valence-electron chi connectivity index (χ2n) is 9.92. The number of phenols is 1. The van der Waals surface area contributed by atoms with Gasteiger partial charge in [0.25, 0.3) is 0 Å². The molecule has 1 saturated heterocycles. The summed E-state index contributed by atoms with van der Waals surface area (Å²) in [6.07, 6.45) is 4.50. The van der Waals surface area contributed by atoms with Crippen LogP contribution in [0.2, 0.25) is 0 Å². The van der Waals surface area contributed by atoms with Gasteiger partial charge in [-0.2, -0.15) is 11.8 Å². The molecule has 1 fully saturated rings. The molecule has 210 valence electrons. The predicted molar refractivity (Wildman–Crippen MR) is 154 cm³/mol. The Kier molecular flexibility index (Phi) is 9.89. The molecule has 2 aromatic carbocycles. The Morgan fingerprint density at radius 2 is 1.88 bits per heavy atom. The molecule has 1 amide bonds. The largest absolute Gasteiger partial charge is 0.506 e. The molecule has 3 aromatic rings. The second kappa shape index (κ2) is 13.5. The van der Waals surface area contributed by atoms with Crippen LogP contribution in [0.5, 0.6) is 5.75 Å². The number of nitrogens with one attached hydrogen (secondary N) is 2. The number of thioether (sulfide) groups is 1. The van der Waals surface area contributed by atoms with Crippen LogP contribution in [0.1, 0.15) is 57.3 Å². The number of fused-ring (bicyclic) bond motifs is 1. The molecule has 2 unspecified atom stereocenters. The van der Waals surface area contributed by atoms with E-state index in [0.717, 1.165) is 25.9 Å². The number of carboxylic acid groups (broad SMARTS) is 1. The van der Waals surface area contributed by atoms with E-state index in [4.69, 9.17) is 0 Å². The lowest BCUT2D eigenvalue weighted by molar-refractivity contribution is -0.118. The topological polar surface area (TPSA) is 146 Å². The second-order valence-corrected chi connectivity index (χ2v) is 11.2. The number of amides is 1. The van der Waals surface area contributed by atoms with Crippen LogP contribution in [-0.4, -0.2) is 69.3 Å². The number of aromatic nitrogens is 1. The summed E-state index contributed by atoms with van der Waals surface area (Å²) in [4.78, 5) is 55.4. The van der Waals surface area contributed by atoms with E-state index in [1.807, 2.05) is 0 Å². The van der Waals surface area contributed by atoms with E-state index in [9.17, 15) is 29.4 Å². The minimum Gasteiger partial charge on any atom is -0.506 e. The van der Waals surface area contributed by atoms with E-state index in [-0.39, 0.29) is 40.4 Å². The van der Waals surface area contributed by atoms with Crippen molar-refractivity contribution in [3.8, 4) is 5.75 Å². The zero-order valence-corrected chi connectivity index (χ0v) is 23.1. The number of nitrogens with zero attached hydrogens (tertiary/aromatic N) is 1. The molecule has 4 N–H and O–H groups in total. The zero-order valence-electron chi connectivity index (χ0n) is 22.3. The molecule has 1 aliphatic heterocycles. The highest BCUT2D eigenvalue weighted by Gasteiger charge is 2.38. The van der Waals surface area contributed by atoms with Gasteiger partial charge in [0, 0.05) is 54.8 Å². The minimum atomic E-state index is -1.34. The first kappa shape index (κ1) is 29.2. The Labute approximate surface area is 236 Å². The highest BCUT2D eigenvalue weighted by Crippen LogP contribution is 2.38. The first-order valence-electron chi connectivity index (χ1n) is 13.3. The Hall–Kier alpha value is -3.76. The standard InChI is InChI=1S/C30H33N3O6S/c1-18(34)33-13-14-40-29(19-8-11-31-12-9-19)24(27(36)21-6-4-10-32-17-21)16-25(35)23-15-20-5-2-3-7-22(20)26(28(23)37)30(38)39/h2-7,10,15,17,19,24,29,31,37H,8-9,11-14,16H2,1H3,(H,33,34)(H,38,39). The van der Waals surface area contributed by atoms with Crippen LogP contribution in [0.15, 0.2) is 54.9 Å². The van der Waals surface area contributed by atoms with Gasteiger partial charge in [-0.15, -0.1) is 0 Å². The molecular weight excluding hydrogens is 530 g/mol. The van der Waals surface area contributed by atoms with Gasteiger partial charge in [0.15, 0.2) is 11.6 Å². The Balaban J connectivity index is 1.73. The van der Waals surface area contributed by atoms with Crippen LogP contribution in [-0.2, 0) is 4.79 Å². The van der Waals surface area contributed by atoms with Gasteiger partial charge in [0.1, 0.15) is 11.3 Å². The van der Waals surface area contributed by atoms with Gasteiger partial charge < -0.3 is 20.8 Å². The summed E-state index contributed by atoms with van der Waals surface area (Å²) >= 11 is 1.56. The third-order valence-corrected chi connectivity index (χ3v) is 8.79. The third kappa shape index (κ3) is 6.86. The quantitative estimate of drug-likeness (QED) is 0.190. The molecule has 0 saturated carbocycles. The van der Waals surface area contributed by atoms with Crippen molar-refractivity contribution >= 4 is 46.0 Å². The number of rotatable bonds is 12. The monoisotopic (exact) mass is 563 g/mol. The summed E-state index contributed by atoms with van der Waals surface area (Å²) < 4.78 is 0. The van der Waals surface area contributed by atoms with Crippen molar-refractivity contribution in [2.45, 2.75) is 31.4 Å². The van der Waals surface area contributed by atoms with Gasteiger partial charge in [0.05, 0.1) is 5.56 Å². The van der Waals surface area contributed by atoms with Crippen LogP contribution in [0, 0.1) is 11.8 Å². The molecule has 0 aliphatic carbocycles. The van der Waals surface area contributed by atoms with E-state index in [1.165, 1.54) is 19.2 Å². The number of hydrogen-bond acceptors (Lipinski definition) is 8. The summed E-state index contributed by atoms with van der Waals surface area (Å²) in [7, 11) is 0. The number of benzene rings is 2. The fraction of sp³-hybridized carbons (Fsp3) is 0.367. The third-order valence-electron chi connectivity index (χ3n) is 7.26. The van der Waals surface area contributed by atoms with Crippen LogP contribution >= 0.6 is 11.8 Å². The van der Waals surface area contributed by atoms with Gasteiger partial charge in [-0.25, -0.2) is 4.79 Å². The molecule has 4 rings (SSSR count). The number of aromatic carboxylic acids is 1. The summed E-state index contributed by atoms with van der Waals surface area (Å²) in [5, 5.41) is 27.5. The number of pyridine rings is 1. The van der Waals surface area contributed by atoms with Crippen molar-refractivity contribution in [3.63, 3.8) is 0 Å². The van der Waals surface area contributed by atoms with Crippen molar-refractivity contribution in [1.29, 1.82) is 0 Å². The minimum absolute atomic E-state index is 0.118.